The zero-order valence-electron chi connectivity index (χ0n) is 10.3. The standard InChI is InChI=1S/C15H11NO2S/c1-10-5-6-12(9-16)14(7-10)19-13-4-2-3-11(8-13)15(17)18/h2-8H,1H3,(H,17,18). The quantitative estimate of drug-likeness (QED) is 0.922. The molecule has 94 valence electrons. The van der Waals surface area contributed by atoms with Crippen molar-refractivity contribution in [2.45, 2.75) is 16.7 Å². The van der Waals surface area contributed by atoms with Gasteiger partial charge in [0.15, 0.2) is 0 Å². The van der Waals surface area contributed by atoms with Gasteiger partial charge in [0.1, 0.15) is 6.07 Å². The first-order valence-electron chi connectivity index (χ1n) is 5.62. The van der Waals surface area contributed by atoms with Crippen molar-refractivity contribution in [2.75, 3.05) is 0 Å². The van der Waals surface area contributed by atoms with Crippen LogP contribution in [0.3, 0.4) is 0 Å². The summed E-state index contributed by atoms with van der Waals surface area (Å²) in [6.45, 7) is 1.96. The lowest BCUT2D eigenvalue weighted by molar-refractivity contribution is 0.0696. The fourth-order valence-corrected chi connectivity index (χ4v) is 2.68. The molecule has 2 aromatic rings. The van der Waals surface area contributed by atoms with Crippen molar-refractivity contribution in [2.24, 2.45) is 0 Å². The molecule has 0 aliphatic heterocycles. The van der Waals surface area contributed by atoms with Crippen LogP contribution in [0, 0.1) is 18.3 Å². The first-order valence-corrected chi connectivity index (χ1v) is 6.44. The molecular weight excluding hydrogens is 258 g/mol. The maximum Gasteiger partial charge on any atom is 0.335 e. The molecule has 0 aliphatic rings. The Morgan fingerprint density at radius 2 is 2.05 bits per heavy atom. The topological polar surface area (TPSA) is 61.1 Å². The van der Waals surface area contributed by atoms with Gasteiger partial charge in [0.25, 0.3) is 0 Å². The van der Waals surface area contributed by atoms with Crippen molar-refractivity contribution in [3.05, 3.63) is 59.2 Å². The number of hydrogen-bond donors (Lipinski definition) is 1. The number of rotatable bonds is 3. The summed E-state index contributed by atoms with van der Waals surface area (Å²) in [6, 6.07) is 14.4. The highest BCUT2D eigenvalue weighted by Gasteiger charge is 2.07. The monoisotopic (exact) mass is 269 g/mol. The molecule has 0 fully saturated rings. The Morgan fingerprint density at radius 3 is 2.74 bits per heavy atom. The Bertz CT molecular complexity index is 674. The van der Waals surface area contributed by atoms with Gasteiger partial charge in [-0.15, -0.1) is 0 Å². The van der Waals surface area contributed by atoms with Crippen LogP contribution < -0.4 is 0 Å². The van der Waals surface area contributed by atoms with Crippen LogP contribution in [0.4, 0.5) is 0 Å². The molecule has 19 heavy (non-hydrogen) atoms. The van der Waals surface area contributed by atoms with E-state index in [1.54, 1.807) is 24.3 Å². The molecule has 0 aromatic heterocycles. The van der Waals surface area contributed by atoms with Crippen LogP contribution in [0.15, 0.2) is 52.3 Å². The van der Waals surface area contributed by atoms with E-state index in [9.17, 15) is 4.79 Å². The van der Waals surface area contributed by atoms with Crippen LogP contribution in [0.1, 0.15) is 21.5 Å². The lowest BCUT2D eigenvalue weighted by Gasteiger charge is -2.06. The van der Waals surface area contributed by atoms with Crippen LogP contribution in [0.25, 0.3) is 0 Å². The molecule has 0 heterocycles. The number of nitriles is 1. The molecule has 0 saturated carbocycles. The highest BCUT2D eigenvalue weighted by atomic mass is 32.2. The van der Waals surface area contributed by atoms with Crippen molar-refractivity contribution < 1.29 is 9.90 Å². The van der Waals surface area contributed by atoms with E-state index in [2.05, 4.69) is 6.07 Å². The number of carboxylic acid groups (broad SMARTS) is 1. The van der Waals surface area contributed by atoms with Gasteiger partial charge in [-0.25, -0.2) is 4.79 Å². The number of hydrogen-bond acceptors (Lipinski definition) is 3. The molecule has 0 amide bonds. The molecule has 2 rings (SSSR count). The molecule has 4 heteroatoms. The van der Waals surface area contributed by atoms with E-state index in [4.69, 9.17) is 10.4 Å². The maximum atomic E-state index is 10.9. The number of carboxylic acids is 1. The molecule has 0 atom stereocenters. The fraction of sp³-hybridized carbons (Fsp3) is 0.0667. The summed E-state index contributed by atoms with van der Waals surface area (Å²) in [5.41, 5.74) is 1.91. The lowest BCUT2D eigenvalue weighted by atomic mass is 10.2. The van der Waals surface area contributed by atoms with Crippen LogP contribution in [-0.2, 0) is 0 Å². The third-order valence-electron chi connectivity index (χ3n) is 2.57. The van der Waals surface area contributed by atoms with Gasteiger partial charge in [-0.1, -0.05) is 23.9 Å². The molecule has 0 radical (unpaired) electrons. The van der Waals surface area contributed by atoms with Gasteiger partial charge in [-0.2, -0.15) is 5.26 Å². The average molecular weight is 269 g/mol. The Hall–Kier alpha value is -2.25. The number of carbonyl (C=O) groups is 1. The van der Waals surface area contributed by atoms with E-state index >= 15 is 0 Å². The normalized spacial score (nSPS) is 9.89. The summed E-state index contributed by atoms with van der Waals surface area (Å²) in [4.78, 5) is 12.6. The molecule has 0 unspecified atom stereocenters. The van der Waals surface area contributed by atoms with Gasteiger partial charge in [-0.3, -0.25) is 0 Å². The summed E-state index contributed by atoms with van der Waals surface area (Å²) in [5.74, 6) is -0.952. The number of benzene rings is 2. The molecule has 1 N–H and O–H groups in total. The summed E-state index contributed by atoms with van der Waals surface area (Å²) < 4.78 is 0. The summed E-state index contributed by atoms with van der Waals surface area (Å²) in [6.07, 6.45) is 0. The van der Waals surface area contributed by atoms with E-state index in [1.165, 1.54) is 11.8 Å². The van der Waals surface area contributed by atoms with Crippen molar-refractivity contribution >= 4 is 17.7 Å². The Balaban J connectivity index is 2.36. The smallest absolute Gasteiger partial charge is 0.335 e. The van der Waals surface area contributed by atoms with E-state index in [0.717, 1.165) is 15.4 Å². The third kappa shape index (κ3) is 3.15. The minimum Gasteiger partial charge on any atom is -0.478 e. The fourth-order valence-electron chi connectivity index (χ4n) is 1.63. The van der Waals surface area contributed by atoms with Gasteiger partial charge in [-0.05, 0) is 42.8 Å². The third-order valence-corrected chi connectivity index (χ3v) is 3.61. The maximum absolute atomic E-state index is 10.9. The molecule has 0 bridgehead atoms. The van der Waals surface area contributed by atoms with Gasteiger partial charge in [0, 0.05) is 9.79 Å². The van der Waals surface area contributed by atoms with E-state index in [1.807, 2.05) is 25.1 Å². The predicted octanol–water partition coefficient (Wildman–Crippen LogP) is 3.72. The van der Waals surface area contributed by atoms with E-state index in [-0.39, 0.29) is 5.56 Å². The Morgan fingerprint density at radius 1 is 1.26 bits per heavy atom. The highest BCUT2D eigenvalue weighted by molar-refractivity contribution is 7.99. The summed E-state index contributed by atoms with van der Waals surface area (Å²) in [7, 11) is 0. The van der Waals surface area contributed by atoms with Crippen molar-refractivity contribution in [1.29, 1.82) is 5.26 Å². The second-order valence-electron chi connectivity index (χ2n) is 4.05. The minimum absolute atomic E-state index is 0.246. The second-order valence-corrected chi connectivity index (χ2v) is 5.16. The molecule has 0 spiro atoms. The number of aryl methyl sites for hydroxylation is 1. The largest absolute Gasteiger partial charge is 0.478 e. The van der Waals surface area contributed by atoms with E-state index in [0.29, 0.717) is 5.56 Å². The van der Waals surface area contributed by atoms with Gasteiger partial charge in [0.2, 0.25) is 0 Å². The minimum atomic E-state index is -0.952. The van der Waals surface area contributed by atoms with Crippen LogP contribution in [0.5, 0.6) is 0 Å². The number of aromatic carboxylic acids is 1. The molecular formula is C15H11NO2S. The highest BCUT2D eigenvalue weighted by Crippen LogP contribution is 2.31. The molecule has 0 aliphatic carbocycles. The Labute approximate surface area is 115 Å². The first-order chi connectivity index (χ1) is 9.10. The summed E-state index contributed by atoms with van der Waals surface area (Å²) in [5, 5.41) is 18.0. The summed E-state index contributed by atoms with van der Waals surface area (Å²) >= 11 is 1.40. The van der Waals surface area contributed by atoms with Crippen molar-refractivity contribution in [3.8, 4) is 6.07 Å². The van der Waals surface area contributed by atoms with Crippen LogP contribution >= 0.6 is 11.8 Å². The number of nitrogens with zero attached hydrogens (tertiary/aromatic N) is 1. The van der Waals surface area contributed by atoms with Crippen LogP contribution in [-0.4, -0.2) is 11.1 Å². The molecule has 0 saturated heterocycles. The average Bonchev–Trinajstić information content (AvgIpc) is 2.39. The van der Waals surface area contributed by atoms with Crippen LogP contribution in [0.2, 0.25) is 0 Å². The zero-order chi connectivity index (χ0) is 13.8. The SMILES string of the molecule is Cc1ccc(C#N)c(Sc2cccc(C(=O)O)c2)c1. The predicted molar refractivity (Wildman–Crippen MR) is 73.4 cm³/mol. The molecule has 2 aromatic carbocycles. The Kier molecular flexibility index (Phi) is 3.88. The zero-order valence-corrected chi connectivity index (χ0v) is 11.1. The van der Waals surface area contributed by atoms with E-state index < -0.39 is 5.97 Å². The van der Waals surface area contributed by atoms with Crippen molar-refractivity contribution in [3.63, 3.8) is 0 Å². The first kappa shape index (κ1) is 13.2. The van der Waals surface area contributed by atoms with Gasteiger partial charge in [0.05, 0.1) is 11.1 Å². The lowest BCUT2D eigenvalue weighted by Crippen LogP contribution is -1.95. The van der Waals surface area contributed by atoms with Crippen molar-refractivity contribution in [1.82, 2.24) is 0 Å². The van der Waals surface area contributed by atoms with Gasteiger partial charge < -0.3 is 5.11 Å². The molecule has 3 nitrogen and oxygen atoms in total. The second kappa shape index (κ2) is 5.59. The van der Waals surface area contributed by atoms with Gasteiger partial charge >= 0.3 is 5.97 Å².